The number of anilines is 1. The van der Waals surface area contributed by atoms with Crippen LogP contribution in [-0.2, 0) is 14.5 Å². The highest BCUT2D eigenvalue weighted by molar-refractivity contribution is 7.93. The fourth-order valence-electron chi connectivity index (χ4n) is 2.59. The van der Waals surface area contributed by atoms with Crippen LogP contribution in [0.5, 0.6) is 0 Å². The van der Waals surface area contributed by atoms with Crippen LogP contribution in [0.4, 0.5) is 10.1 Å². The molecular formula is C23H18FN3O3S. The molecule has 0 aliphatic heterocycles. The van der Waals surface area contributed by atoms with Crippen molar-refractivity contribution in [3.05, 3.63) is 89.5 Å². The first-order valence-corrected chi connectivity index (χ1v) is 11.0. The van der Waals surface area contributed by atoms with E-state index in [9.17, 15) is 18.2 Å². The molecule has 0 aliphatic rings. The molecule has 1 heterocycles. The Bertz CT molecular complexity index is 1330. The molecule has 0 saturated heterocycles. The number of benzene rings is 2. The van der Waals surface area contributed by atoms with Crippen molar-refractivity contribution >= 4 is 27.2 Å². The number of aromatic nitrogens is 1. The second-order valence-electron chi connectivity index (χ2n) is 6.63. The number of nitrogens with one attached hydrogen (secondary N) is 1. The van der Waals surface area contributed by atoms with Crippen LogP contribution in [0.25, 0.3) is 0 Å². The monoisotopic (exact) mass is 435 g/mol. The fraction of sp³-hybridized carbons (Fsp3) is 0.0870. The van der Waals surface area contributed by atoms with Gasteiger partial charge in [0, 0.05) is 47.3 Å². The molecule has 0 fully saturated rings. The van der Waals surface area contributed by atoms with E-state index in [2.05, 4.69) is 26.5 Å². The van der Waals surface area contributed by atoms with Crippen molar-refractivity contribution in [3.63, 3.8) is 0 Å². The lowest BCUT2D eigenvalue weighted by Gasteiger charge is -2.06. The highest BCUT2D eigenvalue weighted by Gasteiger charge is 2.12. The third kappa shape index (κ3) is 6.07. The van der Waals surface area contributed by atoms with Gasteiger partial charge in [0.2, 0.25) is 5.91 Å². The summed E-state index contributed by atoms with van der Waals surface area (Å²) >= 11 is 0. The maximum atomic E-state index is 13.3. The Labute approximate surface area is 179 Å². The zero-order valence-electron chi connectivity index (χ0n) is 16.8. The van der Waals surface area contributed by atoms with E-state index in [1.54, 1.807) is 36.4 Å². The number of carbonyl (C=O) groups is 2. The van der Waals surface area contributed by atoms with Crippen molar-refractivity contribution in [2.75, 3.05) is 11.6 Å². The van der Waals surface area contributed by atoms with Crippen molar-refractivity contribution in [1.82, 2.24) is 4.98 Å². The molecule has 1 N–H and O–H groups in total. The molecule has 2 aromatic carbocycles. The van der Waals surface area contributed by atoms with Gasteiger partial charge in [-0.05, 0) is 48.5 Å². The molecule has 1 aromatic heterocycles. The van der Waals surface area contributed by atoms with Gasteiger partial charge in [-0.1, -0.05) is 17.9 Å². The van der Waals surface area contributed by atoms with Gasteiger partial charge in [0.05, 0.1) is 15.3 Å². The van der Waals surface area contributed by atoms with Crippen LogP contribution < -0.4 is 5.32 Å². The molecule has 6 nitrogen and oxygen atoms in total. The Balaban J connectivity index is 1.84. The number of rotatable bonds is 3. The Morgan fingerprint density at radius 3 is 2.42 bits per heavy atom. The van der Waals surface area contributed by atoms with Crippen molar-refractivity contribution in [2.45, 2.75) is 11.8 Å². The molecule has 3 rings (SSSR count). The third-order valence-electron chi connectivity index (χ3n) is 4.03. The minimum atomic E-state index is -3.02. The van der Waals surface area contributed by atoms with E-state index in [0.29, 0.717) is 21.7 Å². The van der Waals surface area contributed by atoms with E-state index in [-0.39, 0.29) is 11.5 Å². The van der Waals surface area contributed by atoms with Gasteiger partial charge in [-0.3, -0.25) is 14.6 Å². The van der Waals surface area contributed by atoms with Crippen LogP contribution in [0, 0.1) is 17.7 Å². The molecule has 0 spiro atoms. The van der Waals surface area contributed by atoms with Gasteiger partial charge in [0.15, 0.2) is 0 Å². The average Bonchev–Trinajstić information content (AvgIpc) is 2.72. The lowest BCUT2D eigenvalue weighted by Crippen LogP contribution is -2.07. The molecule has 0 bridgehead atoms. The highest BCUT2D eigenvalue weighted by Crippen LogP contribution is 2.17. The topological polar surface area (TPSA) is 88.5 Å². The van der Waals surface area contributed by atoms with Crippen molar-refractivity contribution in [2.24, 2.45) is 4.36 Å². The normalized spacial score (nSPS) is 12.1. The van der Waals surface area contributed by atoms with Gasteiger partial charge >= 0.3 is 0 Å². The molecule has 3 aromatic rings. The van der Waals surface area contributed by atoms with Crippen molar-refractivity contribution in [3.8, 4) is 11.8 Å². The molecule has 8 heteroatoms. The molecular weight excluding hydrogens is 417 g/mol. The predicted octanol–water partition coefficient (Wildman–Crippen LogP) is 3.88. The number of pyridine rings is 1. The second-order valence-corrected chi connectivity index (χ2v) is 8.89. The summed E-state index contributed by atoms with van der Waals surface area (Å²) in [7, 11) is -3.02. The number of carbonyl (C=O) groups excluding carboxylic acids is 2. The van der Waals surface area contributed by atoms with Crippen LogP contribution >= 0.6 is 0 Å². The summed E-state index contributed by atoms with van der Waals surface area (Å²) in [6.07, 6.45) is 4.14. The lowest BCUT2D eigenvalue weighted by molar-refractivity contribution is -0.114. The van der Waals surface area contributed by atoms with Gasteiger partial charge in [0.25, 0.3) is 5.91 Å². The SMILES string of the molecule is CC(=O)Nc1ccc(S(C)(=O)=NC(=O)c2cncc(C#Cc3cccc(F)c3)c2)cc1. The highest BCUT2D eigenvalue weighted by atomic mass is 32.2. The zero-order chi connectivity index (χ0) is 22.4. The van der Waals surface area contributed by atoms with Gasteiger partial charge in [0.1, 0.15) is 5.82 Å². The van der Waals surface area contributed by atoms with Crippen LogP contribution in [0.3, 0.4) is 0 Å². The summed E-state index contributed by atoms with van der Waals surface area (Å²) in [5, 5.41) is 2.61. The first kappa shape index (κ1) is 21.9. The Morgan fingerprint density at radius 1 is 1.03 bits per heavy atom. The first-order chi connectivity index (χ1) is 14.7. The molecule has 156 valence electrons. The van der Waals surface area contributed by atoms with Gasteiger partial charge in [-0.15, -0.1) is 0 Å². The van der Waals surface area contributed by atoms with Crippen molar-refractivity contribution < 1.29 is 18.2 Å². The van der Waals surface area contributed by atoms with E-state index in [1.165, 1.54) is 43.8 Å². The zero-order valence-corrected chi connectivity index (χ0v) is 17.6. The summed E-state index contributed by atoms with van der Waals surface area (Å²) in [5.74, 6) is 4.31. The van der Waals surface area contributed by atoms with Crippen LogP contribution in [0.15, 0.2) is 76.2 Å². The summed E-state index contributed by atoms with van der Waals surface area (Å²) in [6.45, 7) is 1.38. The summed E-state index contributed by atoms with van der Waals surface area (Å²) in [5.41, 5.74) is 1.61. The molecule has 0 radical (unpaired) electrons. The Hall–Kier alpha value is -3.83. The first-order valence-electron chi connectivity index (χ1n) is 9.10. The molecule has 0 saturated carbocycles. The van der Waals surface area contributed by atoms with Crippen molar-refractivity contribution in [1.29, 1.82) is 0 Å². The summed E-state index contributed by atoms with van der Waals surface area (Å²) in [4.78, 5) is 28.0. The number of hydrogen-bond donors (Lipinski definition) is 1. The third-order valence-corrected chi connectivity index (χ3v) is 5.69. The maximum Gasteiger partial charge on any atom is 0.286 e. The molecule has 1 unspecified atom stereocenters. The lowest BCUT2D eigenvalue weighted by atomic mass is 10.1. The minimum Gasteiger partial charge on any atom is -0.326 e. The van der Waals surface area contributed by atoms with E-state index in [4.69, 9.17) is 0 Å². The fourth-order valence-corrected chi connectivity index (χ4v) is 3.76. The van der Waals surface area contributed by atoms with Crippen LogP contribution in [-0.4, -0.2) is 27.3 Å². The quantitative estimate of drug-likeness (QED) is 0.633. The van der Waals surface area contributed by atoms with Gasteiger partial charge in [-0.25, -0.2) is 8.60 Å². The maximum absolute atomic E-state index is 13.3. The average molecular weight is 435 g/mol. The number of amides is 2. The van der Waals surface area contributed by atoms with E-state index in [0.717, 1.165) is 0 Å². The summed E-state index contributed by atoms with van der Waals surface area (Å²) < 4.78 is 30.1. The standard InChI is InChI=1S/C23H18FN3O3S/c1-16(28)26-21-8-10-22(11-9-21)31(2,30)27-23(29)19-12-18(14-25-15-19)7-6-17-4-3-5-20(24)13-17/h3-5,8-15H,1-2H3,(H,26,28). The number of halogens is 1. The van der Waals surface area contributed by atoms with E-state index in [1.807, 2.05) is 0 Å². The molecule has 0 aliphatic carbocycles. The number of nitrogens with zero attached hydrogens (tertiary/aromatic N) is 2. The van der Waals surface area contributed by atoms with E-state index < -0.39 is 21.5 Å². The second kappa shape index (κ2) is 9.32. The smallest absolute Gasteiger partial charge is 0.286 e. The van der Waals surface area contributed by atoms with Gasteiger partial charge < -0.3 is 5.32 Å². The van der Waals surface area contributed by atoms with E-state index >= 15 is 0 Å². The molecule has 2 amide bonds. The Morgan fingerprint density at radius 2 is 1.74 bits per heavy atom. The molecule has 1 atom stereocenters. The minimum absolute atomic E-state index is 0.135. The van der Waals surface area contributed by atoms with Gasteiger partial charge in [-0.2, -0.15) is 4.36 Å². The number of hydrogen-bond acceptors (Lipinski definition) is 4. The van der Waals surface area contributed by atoms with Crippen LogP contribution in [0.2, 0.25) is 0 Å². The Kier molecular flexibility index (Phi) is 6.58. The molecule has 31 heavy (non-hydrogen) atoms. The predicted molar refractivity (Wildman–Crippen MR) is 116 cm³/mol. The largest absolute Gasteiger partial charge is 0.326 e. The summed E-state index contributed by atoms with van der Waals surface area (Å²) in [6, 6.07) is 13.6. The van der Waals surface area contributed by atoms with Crippen LogP contribution in [0.1, 0.15) is 28.4 Å².